The predicted octanol–water partition coefficient (Wildman–Crippen LogP) is 2.99. The van der Waals surface area contributed by atoms with Gasteiger partial charge in [-0.25, -0.2) is 4.79 Å². The number of carbonyl (C=O) groups excluding carboxylic acids is 2. The fourth-order valence-corrected chi connectivity index (χ4v) is 3.06. The van der Waals surface area contributed by atoms with Crippen LogP contribution in [0, 0.1) is 16.7 Å². The molecule has 2 amide bonds. The standard InChI is InChI=1S/C23H17N5O5/c1-12(29)27-19-9-17(20(30)10-15(19)14-4-6-26-7-5-14)21(25)22(31)28-18-3-2-13(11-24)8-16(18)23(32)33/h2-10,25,30H,1H3,(H,27,29)(H,28,31)(H,32,33). The Labute approximate surface area is 187 Å². The maximum atomic E-state index is 12.7. The summed E-state index contributed by atoms with van der Waals surface area (Å²) in [6.07, 6.45) is 3.07. The lowest BCUT2D eigenvalue weighted by Crippen LogP contribution is -2.24. The van der Waals surface area contributed by atoms with E-state index in [-0.39, 0.29) is 28.1 Å². The number of rotatable bonds is 6. The summed E-state index contributed by atoms with van der Waals surface area (Å²) in [5, 5.41) is 42.0. The maximum Gasteiger partial charge on any atom is 0.337 e. The number of hydrogen-bond acceptors (Lipinski definition) is 7. The van der Waals surface area contributed by atoms with E-state index in [9.17, 15) is 24.6 Å². The molecule has 1 heterocycles. The Hall–Kier alpha value is -5.04. The Morgan fingerprint density at radius 3 is 2.30 bits per heavy atom. The van der Waals surface area contributed by atoms with Crippen molar-refractivity contribution in [2.24, 2.45) is 0 Å². The van der Waals surface area contributed by atoms with E-state index in [1.807, 2.05) is 6.07 Å². The van der Waals surface area contributed by atoms with Gasteiger partial charge in [0.2, 0.25) is 5.91 Å². The second kappa shape index (κ2) is 9.40. The molecule has 0 saturated carbocycles. The van der Waals surface area contributed by atoms with E-state index >= 15 is 0 Å². The summed E-state index contributed by atoms with van der Waals surface area (Å²) >= 11 is 0. The first-order chi connectivity index (χ1) is 15.7. The Bertz CT molecular complexity index is 1330. The molecule has 0 radical (unpaired) electrons. The number of aromatic nitrogens is 1. The molecule has 0 unspecified atom stereocenters. The Balaban J connectivity index is 1.99. The van der Waals surface area contributed by atoms with Gasteiger partial charge in [-0.3, -0.25) is 20.0 Å². The molecule has 0 bridgehead atoms. The van der Waals surface area contributed by atoms with Crippen LogP contribution in [-0.4, -0.2) is 38.7 Å². The number of amides is 2. The summed E-state index contributed by atoms with van der Waals surface area (Å²) in [6, 6.07) is 11.4. The molecule has 0 atom stereocenters. The summed E-state index contributed by atoms with van der Waals surface area (Å²) in [4.78, 5) is 39.8. The van der Waals surface area contributed by atoms with Crippen LogP contribution in [0.4, 0.5) is 11.4 Å². The highest BCUT2D eigenvalue weighted by molar-refractivity contribution is 6.48. The first kappa shape index (κ1) is 22.6. The molecule has 1 aromatic heterocycles. The highest BCUT2D eigenvalue weighted by Crippen LogP contribution is 2.34. The van der Waals surface area contributed by atoms with E-state index in [2.05, 4.69) is 15.6 Å². The molecule has 0 saturated heterocycles. The first-order valence-corrected chi connectivity index (χ1v) is 9.44. The van der Waals surface area contributed by atoms with E-state index in [0.29, 0.717) is 11.1 Å². The quantitative estimate of drug-likeness (QED) is 0.287. The number of nitrogens with zero attached hydrogens (tertiary/aromatic N) is 2. The van der Waals surface area contributed by atoms with Crippen molar-refractivity contribution in [3.8, 4) is 22.9 Å². The van der Waals surface area contributed by atoms with Gasteiger partial charge in [0.15, 0.2) is 0 Å². The molecule has 10 heteroatoms. The van der Waals surface area contributed by atoms with Gasteiger partial charge >= 0.3 is 5.97 Å². The Morgan fingerprint density at radius 1 is 1.00 bits per heavy atom. The third-order valence-corrected chi connectivity index (χ3v) is 4.56. The minimum absolute atomic E-state index is 0.0877. The molecule has 10 nitrogen and oxygen atoms in total. The van der Waals surface area contributed by atoms with Crippen LogP contribution in [0.15, 0.2) is 54.9 Å². The van der Waals surface area contributed by atoms with Crippen molar-refractivity contribution in [3.63, 3.8) is 0 Å². The summed E-state index contributed by atoms with van der Waals surface area (Å²) in [5.74, 6) is -3.16. The number of phenols is 1. The number of hydrogen-bond donors (Lipinski definition) is 5. The maximum absolute atomic E-state index is 12.7. The van der Waals surface area contributed by atoms with Crippen LogP contribution in [0.3, 0.4) is 0 Å². The number of nitrogens with one attached hydrogen (secondary N) is 3. The van der Waals surface area contributed by atoms with Crippen LogP contribution < -0.4 is 10.6 Å². The number of anilines is 2. The number of carboxylic acid groups (broad SMARTS) is 1. The molecule has 5 N–H and O–H groups in total. The Morgan fingerprint density at radius 2 is 1.70 bits per heavy atom. The van der Waals surface area contributed by atoms with Gasteiger partial charge in [-0.2, -0.15) is 5.26 Å². The van der Waals surface area contributed by atoms with Crippen molar-refractivity contribution in [2.45, 2.75) is 6.92 Å². The second-order valence-corrected chi connectivity index (χ2v) is 6.84. The summed E-state index contributed by atoms with van der Waals surface area (Å²) < 4.78 is 0. The zero-order valence-electron chi connectivity index (χ0n) is 17.2. The normalized spacial score (nSPS) is 10.1. The fraction of sp³-hybridized carbons (Fsp3) is 0.0435. The van der Waals surface area contributed by atoms with Crippen molar-refractivity contribution in [1.82, 2.24) is 4.98 Å². The number of benzene rings is 2. The average Bonchev–Trinajstić information content (AvgIpc) is 2.79. The molecule has 3 rings (SSSR count). The van der Waals surface area contributed by atoms with E-state index in [0.717, 1.165) is 6.07 Å². The van der Waals surface area contributed by atoms with Gasteiger partial charge < -0.3 is 20.8 Å². The minimum Gasteiger partial charge on any atom is -0.507 e. The number of phenolic OH excluding ortho intramolecular Hbond substituents is 1. The van der Waals surface area contributed by atoms with Gasteiger partial charge in [0.25, 0.3) is 5.91 Å². The van der Waals surface area contributed by atoms with Crippen LogP contribution in [0.25, 0.3) is 11.1 Å². The highest BCUT2D eigenvalue weighted by atomic mass is 16.4. The third-order valence-electron chi connectivity index (χ3n) is 4.56. The molecule has 3 aromatic rings. The van der Waals surface area contributed by atoms with Crippen molar-refractivity contribution in [2.75, 3.05) is 10.6 Å². The van der Waals surface area contributed by atoms with Gasteiger partial charge in [0, 0.05) is 36.1 Å². The van der Waals surface area contributed by atoms with E-state index in [1.165, 1.54) is 43.6 Å². The number of aromatic carboxylic acids is 1. The predicted molar refractivity (Wildman–Crippen MR) is 119 cm³/mol. The van der Waals surface area contributed by atoms with E-state index in [4.69, 9.17) is 10.7 Å². The lowest BCUT2D eigenvalue weighted by molar-refractivity contribution is -0.114. The molecule has 2 aromatic carbocycles. The summed E-state index contributed by atoms with van der Waals surface area (Å²) in [5.41, 5.74) is 0.129. The third kappa shape index (κ3) is 5.00. The topological polar surface area (TPSA) is 176 Å². The van der Waals surface area contributed by atoms with Crippen molar-refractivity contribution >= 4 is 34.9 Å². The van der Waals surface area contributed by atoms with Gasteiger partial charge in [0.1, 0.15) is 11.5 Å². The van der Waals surface area contributed by atoms with Crippen LogP contribution in [0.5, 0.6) is 5.75 Å². The summed E-state index contributed by atoms with van der Waals surface area (Å²) in [6.45, 7) is 1.29. The SMILES string of the molecule is CC(=O)Nc1cc(C(=N)C(=O)Nc2ccc(C#N)cc2C(=O)O)c(O)cc1-c1ccncc1. The molecule has 0 spiro atoms. The molecular weight excluding hydrogens is 426 g/mol. The molecule has 164 valence electrons. The number of carboxylic acids is 1. The Kier molecular flexibility index (Phi) is 6.45. The van der Waals surface area contributed by atoms with Gasteiger partial charge in [0.05, 0.1) is 22.9 Å². The number of carbonyl (C=O) groups is 3. The lowest BCUT2D eigenvalue weighted by Gasteiger charge is -2.15. The largest absolute Gasteiger partial charge is 0.507 e. The zero-order chi connectivity index (χ0) is 24.1. The van der Waals surface area contributed by atoms with Gasteiger partial charge in [-0.1, -0.05) is 0 Å². The van der Waals surface area contributed by atoms with E-state index < -0.39 is 29.2 Å². The van der Waals surface area contributed by atoms with Gasteiger partial charge in [-0.05, 0) is 48.0 Å². The highest BCUT2D eigenvalue weighted by Gasteiger charge is 2.22. The average molecular weight is 443 g/mol. The van der Waals surface area contributed by atoms with Crippen LogP contribution in [0.1, 0.15) is 28.4 Å². The van der Waals surface area contributed by atoms with Gasteiger partial charge in [-0.15, -0.1) is 0 Å². The summed E-state index contributed by atoms with van der Waals surface area (Å²) in [7, 11) is 0. The van der Waals surface area contributed by atoms with Crippen molar-refractivity contribution in [1.29, 1.82) is 10.7 Å². The molecule has 0 fully saturated rings. The number of aromatic hydroxyl groups is 1. The van der Waals surface area contributed by atoms with E-state index in [1.54, 1.807) is 12.1 Å². The van der Waals surface area contributed by atoms with Crippen molar-refractivity contribution < 1.29 is 24.6 Å². The first-order valence-electron chi connectivity index (χ1n) is 9.44. The molecule has 33 heavy (non-hydrogen) atoms. The van der Waals surface area contributed by atoms with Crippen LogP contribution >= 0.6 is 0 Å². The molecule has 0 aliphatic carbocycles. The monoisotopic (exact) mass is 443 g/mol. The number of pyridine rings is 1. The zero-order valence-corrected chi connectivity index (χ0v) is 17.2. The smallest absolute Gasteiger partial charge is 0.337 e. The fourth-order valence-electron chi connectivity index (χ4n) is 3.06. The lowest BCUT2D eigenvalue weighted by atomic mass is 9.98. The van der Waals surface area contributed by atoms with Crippen LogP contribution in [0.2, 0.25) is 0 Å². The molecular formula is C23H17N5O5. The molecule has 0 aliphatic rings. The van der Waals surface area contributed by atoms with Crippen LogP contribution in [-0.2, 0) is 9.59 Å². The second-order valence-electron chi connectivity index (χ2n) is 6.84. The number of nitriles is 1. The minimum atomic E-state index is -1.37. The van der Waals surface area contributed by atoms with Crippen molar-refractivity contribution in [3.05, 3.63) is 71.5 Å². The molecule has 0 aliphatic heterocycles.